The number of nitro benzene ring substituents is 1. The van der Waals surface area contributed by atoms with E-state index in [1.807, 2.05) is 12.1 Å². The van der Waals surface area contributed by atoms with Gasteiger partial charge in [-0.1, -0.05) is 17.7 Å². The van der Waals surface area contributed by atoms with Gasteiger partial charge in [0.15, 0.2) is 17.3 Å². The lowest BCUT2D eigenvalue weighted by atomic mass is 9.73. The van der Waals surface area contributed by atoms with Crippen LogP contribution in [0.15, 0.2) is 47.7 Å². The second kappa shape index (κ2) is 8.63. The number of benzene rings is 2. The Hall–Kier alpha value is -3.39. The average Bonchev–Trinajstić information content (AvgIpc) is 2.77. The molecule has 1 aliphatic carbocycles. The van der Waals surface area contributed by atoms with Crippen molar-refractivity contribution in [3.05, 3.63) is 73.9 Å². The summed E-state index contributed by atoms with van der Waals surface area (Å²) < 4.78 is 10.7. The lowest BCUT2D eigenvalue weighted by Crippen LogP contribution is -2.38. The third kappa shape index (κ3) is 3.93. The molecule has 0 fully saturated rings. The Morgan fingerprint density at radius 3 is 2.47 bits per heavy atom. The second-order valence-electron chi connectivity index (χ2n) is 7.80. The molecule has 0 spiro atoms. The summed E-state index contributed by atoms with van der Waals surface area (Å²) in [5, 5.41) is 14.4. The molecule has 1 heterocycles. The minimum absolute atomic E-state index is 0.00643. The predicted octanol–water partition coefficient (Wildman–Crippen LogP) is 4.27. The Morgan fingerprint density at radius 1 is 1.03 bits per heavy atom. The highest BCUT2D eigenvalue weighted by Crippen LogP contribution is 2.45. The number of halogens is 1. The van der Waals surface area contributed by atoms with Crippen LogP contribution in [0, 0.1) is 10.1 Å². The number of allylic oxidation sites excluding steroid dienone is 2. The summed E-state index contributed by atoms with van der Waals surface area (Å²) >= 11 is 6.33. The van der Waals surface area contributed by atoms with Gasteiger partial charge in [0.2, 0.25) is 5.91 Å². The number of Topliss-reactive ketones (excluding diaryl/α,β-unsaturated/α-hetero) is 1. The number of nitro groups is 1. The third-order valence-corrected chi connectivity index (χ3v) is 6.33. The van der Waals surface area contributed by atoms with Gasteiger partial charge in [-0.15, -0.1) is 0 Å². The summed E-state index contributed by atoms with van der Waals surface area (Å²) in [5.41, 5.74) is 2.20. The van der Waals surface area contributed by atoms with Crippen LogP contribution in [0.4, 0.5) is 5.69 Å². The molecule has 9 heteroatoms. The highest BCUT2D eigenvalue weighted by Gasteiger charge is 2.39. The smallest absolute Gasteiger partial charge is 0.269 e. The first-order valence-corrected chi connectivity index (χ1v) is 10.4. The van der Waals surface area contributed by atoms with E-state index in [-0.39, 0.29) is 41.2 Å². The van der Waals surface area contributed by atoms with Crippen LogP contribution in [0.5, 0.6) is 11.5 Å². The average molecular weight is 457 g/mol. The first-order chi connectivity index (χ1) is 15.3. The van der Waals surface area contributed by atoms with E-state index >= 15 is 0 Å². The van der Waals surface area contributed by atoms with Crippen LogP contribution in [-0.2, 0) is 9.59 Å². The first-order valence-electron chi connectivity index (χ1n) is 10.0. The van der Waals surface area contributed by atoms with Gasteiger partial charge in [0, 0.05) is 47.2 Å². The molecule has 2 aliphatic rings. The van der Waals surface area contributed by atoms with Crippen molar-refractivity contribution in [3.63, 3.8) is 0 Å². The van der Waals surface area contributed by atoms with Gasteiger partial charge in [-0.05, 0) is 41.7 Å². The Labute approximate surface area is 189 Å². The van der Waals surface area contributed by atoms with Crippen LogP contribution >= 0.6 is 11.6 Å². The highest BCUT2D eigenvalue weighted by molar-refractivity contribution is 6.31. The number of amides is 1. The van der Waals surface area contributed by atoms with Gasteiger partial charge in [-0.2, -0.15) is 0 Å². The number of nitrogens with zero attached hydrogens (tertiary/aromatic N) is 1. The zero-order valence-electron chi connectivity index (χ0n) is 17.5. The van der Waals surface area contributed by atoms with E-state index in [2.05, 4.69) is 5.32 Å². The number of ketones is 1. The van der Waals surface area contributed by atoms with E-state index in [4.69, 9.17) is 21.1 Å². The number of carbonyl (C=O) groups is 2. The summed E-state index contributed by atoms with van der Waals surface area (Å²) in [4.78, 5) is 36.5. The van der Waals surface area contributed by atoms with Crippen LogP contribution in [0.2, 0.25) is 5.02 Å². The largest absolute Gasteiger partial charge is 0.493 e. The second-order valence-corrected chi connectivity index (χ2v) is 8.21. The molecule has 0 saturated carbocycles. The number of non-ortho nitro benzene ring substituents is 1. The van der Waals surface area contributed by atoms with Gasteiger partial charge in [-0.3, -0.25) is 19.7 Å². The van der Waals surface area contributed by atoms with E-state index in [1.165, 1.54) is 18.2 Å². The number of carbonyl (C=O) groups excluding carboxylic acids is 2. The Kier molecular flexibility index (Phi) is 5.88. The monoisotopic (exact) mass is 456 g/mol. The fraction of sp³-hybridized carbons (Fsp3) is 0.304. The molecule has 2 aromatic rings. The number of ether oxygens (including phenoxy) is 2. The third-order valence-electron chi connectivity index (χ3n) is 5.98. The zero-order chi connectivity index (χ0) is 23.0. The summed E-state index contributed by atoms with van der Waals surface area (Å²) in [7, 11) is 3.10. The van der Waals surface area contributed by atoms with Crippen molar-refractivity contribution in [2.24, 2.45) is 0 Å². The van der Waals surface area contributed by atoms with Gasteiger partial charge < -0.3 is 14.8 Å². The van der Waals surface area contributed by atoms with Gasteiger partial charge in [0.25, 0.3) is 5.69 Å². The molecule has 0 bridgehead atoms. The SMILES string of the molecule is COc1ccc([C@@H]2CC(=O)C3=C(C2)NC(=O)C[C@H]3c2cc([N+](=O)[O-])ccc2Cl)cc1OC. The maximum Gasteiger partial charge on any atom is 0.269 e. The van der Waals surface area contributed by atoms with Crippen LogP contribution < -0.4 is 14.8 Å². The molecule has 32 heavy (non-hydrogen) atoms. The maximum absolute atomic E-state index is 13.3. The van der Waals surface area contributed by atoms with Crippen molar-refractivity contribution in [1.82, 2.24) is 5.32 Å². The zero-order valence-corrected chi connectivity index (χ0v) is 18.3. The van der Waals surface area contributed by atoms with E-state index in [0.717, 1.165) is 5.56 Å². The fourth-order valence-electron chi connectivity index (χ4n) is 4.48. The number of methoxy groups -OCH3 is 2. The molecule has 166 valence electrons. The van der Waals surface area contributed by atoms with Crippen LogP contribution in [0.3, 0.4) is 0 Å². The van der Waals surface area contributed by atoms with E-state index < -0.39 is 10.8 Å². The maximum atomic E-state index is 13.3. The first kappa shape index (κ1) is 21.8. The van der Waals surface area contributed by atoms with Gasteiger partial charge in [0.05, 0.1) is 19.1 Å². The number of nitrogens with one attached hydrogen (secondary N) is 1. The molecule has 0 saturated heterocycles. The molecule has 0 radical (unpaired) electrons. The Bertz CT molecular complexity index is 1160. The minimum atomic E-state index is -0.620. The lowest BCUT2D eigenvalue weighted by molar-refractivity contribution is -0.384. The predicted molar refractivity (Wildman–Crippen MR) is 117 cm³/mol. The molecule has 8 nitrogen and oxygen atoms in total. The molecule has 4 rings (SSSR count). The van der Waals surface area contributed by atoms with Crippen molar-refractivity contribution in [2.75, 3.05) is 14.2 Å². The molecule has 0 aromatic heterocycles. The summed E-state index contributed by atoms with van der Waals surface area (Å²) in [6, 6.07) is 9.59. The number of hydrogen-bond acceptors (Lipinski definition) is 6. The quantitative estimate of drug-likeness (QED) is 0.531. The molecule has 1 aliphatic heterocycles. The van der Waals surface area contributed by atoms with Crippen LogP contribution in [0.1, 0.15) is 42.2 Å². The topological polar surface area (TPSA) is 108 Å². The molecular weight excluding hydrogens is 436 g/mol. The minimum Gasteiger partial charge on any atom is -0.493 e. The number of hydrogen-bond donors (Lipinski definition) is 1. The molecule has 2 aromatic carbocycles. The number of rotatable bonds is 5. The van der Waals surface area contributed by atoms with Crippen molar-refractivity contribution >= 4 is 29.0 Å². The standard InChI is InChI=1S/C23H21ClN2O6/c1-31-20-6-3-12(9-21(20)32-2)13-7-18-23(19(27)8-13)16(11-22(28)25-18)15-10-14(26(29)30)4-5-17(15)24/h3-6,9-10,13,16H,7-8,11H2,1-2H3,(H,25,28)/t13-,16-/m0/s1. The van der Waals surface area contributed by atoms with Crippen molar-refractivity contribution < 1.29 is 24.0 Å². The molecule has 1 amide bonds. The molecule has 1 N–H and O–H groups in total. The van der Waals surface area contributed by atoms with Crippen LogP contribution in [0.25, 0.3) is 0 Å². The highest BCUT2D eigenvalue weighted by atomic mass is 35.5. The normalized spacial score (nSPS) is 20.5. The Morgan fingerprint density at radius 2 is 1.78 bits per heavy atom. The molecule has 0 unspecified atom stereocenters. The van der Waals surface area contributed by atoms with Crippen molar-refractivity contribution in [2.45, 2.75) is 31.1 Å². The van der Waals surface area contributed by atoms with Gasteiger partial charge >= 0.3 is 0 Å². The van der Waals surface area contributed by atoms with Crippen LogP contribution in [-0.4, -0.2) is 30.8 Å². The van der Waals surface area contributed by atoms with E-state index in [0.29, 0.717) is 34.8 Å². The van der Waals surface area contributed by atoms with E-state index in [9.17, 15) is 19.7 Å². The van der Waals surface area contributed by atoms with Crippen molar-refractivity contribution in [3.8, 4) is 11.5 Å². The van der Waals surface area contributed by atoms with Gasteiger partial charge in [0.1, 0.15) is 0 Å². The van der Waals surface area contributed by atoms with Gasteiger partial charge in [-0.25, -0.2) is 0 Å². The molecule has 2 atom stereocenters. The summed E-state index contributed by atoms with van der Waals surface area (Å²) in [6.07, 6.45) is 0.699. The summed E-state index contributed by atoms with van der Waals surface area (Å²) in [5.74, 6) is 0.0113. The Balaban J connectivity index is 1.73. The summed E-state index contributed by atoms with van der Waals surface area (Å²) in [6.45, 7) is 0. The fourth-order valence-corrected chi connectivity index (χ4v) is 4.73. The lowest BCUT2D eigenvalue weighted by Gasteiger charge is -2.34. The molecular formula is C23H21ClN2O6. The van der Waals surface area contributed by atoms with E-state index in [1.54, 1.807) is 20.3 Å². The van der Waals surface area contributed by atoms with Crippen molar-refractivity contribution in [1.29, 1.82) is 0 Å².